The molecule has 3 heteroatoms. The van der Waals surface area contributed by atoms with Crippen LogP contribution in [0.5, 0.6) is 0 Å². The first-order valence-electron chi connectivity index (χ1n) is 2.75. The molecule has 0 saturated carbocycles. The summed E-state index contributed by atoms with van der Waals surface area (Å²) < 4.78 is 5.97. The molecule has 0 fully saturated rings. The molecule has 0 saturated heterocycles. The van der Waals surface area contributed by atoms with Crippen molar-refractivity contribution in [1.82, 2.24) is 0 Å². The van der Waals surface area contributed by atoms with E-state index in [1.54, 1.807) is 0 Å². The molecular formula is C6H12IN2-. The molecule has 0 radical (unpaired) electrons. The molecule has 0 rings (SSSR count). The van der Waals surface area contributed by atoms with Crippen molar-refractivity contribution in [3.05, 3.63) is 10.7 Å². The zero-order valence-corrected chi connectivity index (χ0v) is 7.92. The fourth-order valence-electron chi connectivity index (χ4n) is 0.188. The molecule has 0 aliphatic rings. The summed E-state index contributed by atoms with van der Waals surface area (Å²) in [5.41, 5.74) is 5.53. The van der Waals surface area contributed by atoms with Gasteiger partial charge in [-0.3, -0.25) is 0 Å². The first-order chi connectivity index (χ1) is 4.18. The van der Waals surface area contributed by atoms with Crippen LogP contribution < -0.4 is 27.2 Å². The van der Waals surface area contributed by atoms with Crippen LogP contribution in [0.25, 0.3) is 0 Å². The molecule has 0 aromatic heterocycles. The summed E-state index contributed by atoms with van der Waals surface area (Å²) in [6.45, 7) is 7.65. The topological polar surface area (TPSA) is 38.4 Å². The monoisotopic (exact) mass is 239 g/mol. The van der Waals surface area contributed by atoms with Crippen molar-refractivity contribution in [2.24, 2.45) is 14.9 Å². The Balaban J connectivity index is 3.68. The molecule has 0 amide bonds. The van der Waals surface area contributed by atoms with E-state index in [2.05, 4.69) is 9.78 Å². The van der Waals surface area contributed by atoms with E-state index in [0.717, 1.165) is 5.84 Å². The minimum atomic E-state index is -0.219. The fourth-order valence-corrected chi connectivity index (χ4v) is 1.26. The number of hydrogen-bond acceptors (Lipinski definition) is 1. The quantitative estimate of drug-likeness (QED) is 0.350. The van der Waals surface area contributed by atoms with Gasteiger partial charge in [-0.15, -0.1) is 0 Å². The van der Waals surface area contributed by atoms with Gasteiger partial charge < -0.3 is 0 Å². The van der Waals surface area contributed by atoms with Gasteiger partial charge in [0.25, 0.3) is 0 Å². The third-order valence-electron chi connectivity index (χ3n) is 0.807. The third kappa shape index (κ3) is 4.44. The molecule has 0 unspecified atom stereocenters. The third-order valence-corrected chi connectivity index (χ3v) is 2.04. The molecule has 0 aliphatic carbocycles. The minimum absolute atomic E-state index is 0.219. The number of halogens is 1. The SMILES string of the molecule is C=C[I-]N=C(N)C(C)C. The van der Waals surface area contributed by atoms with Gasteiger partial charge in [0.1, 0.15) is 0 Å². The Labute approximate surface area is 66.9 Å². The normalized spacial score (nSPS) is 12.6. The van der Waals surface area contributed by atoms with E-state index in [-0.39, 0.29) is 21.5 Å². The molecule has 0 heterocycles. The molecule has 0 bridgehead atoms. The molecule has 0 atom stereocenters. The number of nitrogens with two attached hydrogens (primary N) is 1. The Morgan fingerprint density at radius 2 is 2.33 bits per heavy atom. The van der Waals surface area contributed by atoms with Gasteiger partial charge in [0.05, 0.1) is 0 Å². The second kappa shape index (κ2) is 4.78. The summed E-state index contributed by atoms with van der Waals surface area (Å²) in [5, 5.41) is 0. The van der Waals surface area contributed by atoms with E-state index in [9.17, 15) is 0 Å². The molecule has 0 spiro atoms. The van der Waals surface area contributed by atoms with Gasteiger partial charge in [-0.1, -0.05) is 0 Å². The van der Waals surface area contributed by atoms with E-state index in [4.69, 9.17) is 5.73 Å². The van der Waals surface area contributed by atoms with Gasteiger partial charge in [0.2, 0.25) is 0 Å². The summed E-state index contributed by atoms with van der Waals surface area (Å²) in [6.07, 6.45) is 0. The Bertz CT molecular complexity index is 118. The summed E-state index contributed by atoms with van der Waals surface area (Å²) >= 11 is -0.219. The van der Waals surface area contributed by atoms with Crippen LogP contribution in [0, 0.1) is 5.92 Å². The van der Waals surface area contributed by atoms with Crippen molar-refractivity contribution in [3.63, 3.8) is 0 Å². The summed E-state index contributed by atoms with van der Waals surface area (Å²) in [6, 6.07) is 0. The summed E-state index contributed by atoms with van der Waals surface area (Å²) in [5.74, 6) is 1.13. The number of hydrogen-bond donors (Lipinski definition) is 1. The van der Waals surface area contributed by atoms with Crippen molar-refractivity contribution >= 4 is 5.84 Å². The van der Waals surface area contributed by atoms with Crippen LogP contribution >= 0.6 is 0 Å². The van der Waals surface area contributed by atoms with E-state index in [1.807, 2.05) is 17.9 Å². The van der Waals surface area contributed by atoms with Crippen molar-refractivity contribution in [1.29, 1.82) is 0 Å². The van der Waals surface area contributed by atoms with Gasteiger partial charge in [-0.05, 0) is 0 Å². The Morgan fingerprint density at radius 1 is 1.78 bits per heavy atom. The van der Waals surface area contributed by atoms with Crippen LogP contribution in [0.1, 0.15) is 13.8 Å². The summed E-state index contributed by atoms with van der Waals surface area (Å²) in [4.78, 5) is 0. The Morgan fingerprint density at radius 3 is 2.67 bits per heavy atom. The average molecular weight is 239 g/mol. The first-order valence-corrected chi connectivity index (χ1v) is 4.96. The Hall–Kier alpha value is -0.0600. The second-order valence-corrected chi connectivity index (χ2v) is 3.84. The van der Waals surface area contributed by atoms with E-state index < -0.39 is 0 Å². The van der Waals surface area contributed by atoms with Crippen LogP contribution in [-0.4, -0.2) is 5.84 Å². The number of amidine groups is 1. The van der Waals surface area contributed by atoms with Crippen LogP contribution in [-0.2, 0) is 0 Å². The zero-order chi connectivity index (χ0) is 7.28. The molecule has 2 nitrogen and oxygen atoms in total. The van der Waals surface area contributed by atoms with Gasteiger partial charge in [0, 0.05) is 0 Å². The van der Waals surface area contributed by atoms with Crippen LogP contribution in [0.4, 0.5) is 0 Å². The molecule has 9 heavy (non-hydrogen) atoms. The molecule has 54 valence electrons. The van der Waals surface area contributed by atoms with Crippen molar-refractivity contribution < 1.29 is 21.5 Å². The van der Waals surface area contributed by atoms with E-state index >= 15 is 0 Å². The second-order valence-electron chi connectivity index (χ2n) is 1.92. The van der Waals surface area contributed by atoms with Crippen molar-refractivity contribution in [3.8, 4) is 0 Å². The fraction of sp³-hybridized carbons (Fsp3) is 0.500. The maximum atomic E-state index is 5.53. The standard InChI is InChI=1S/C6H12IN2/c1-4-7-9-6(8)5(2)3/h4-5H,1H2,2-3H3,(H2,8,9)/q-1. The molecule has 0 aromatic rings. The van der Waals surface area contributed by atoms with Gasteiger partial charge in [0.15, 0.2) is 0 Å². The molecule has 2 N–H and O–H groups in total. The van der Waals surface area contributed by atoms with Crippen molar-refractivity contribution in [2.75, 3.05) is 0 Å². The van der Waals surface area contributed by atoms with Crippen LogP contribution in [0.3, 0.4) is 0 Å². The first kappa shape index (κ1) is 8.94. The van der Waals surface area contributed by atoms with Gasteiger partial charge in [-0.25, -0.2) is 0 Å². The average Bonchev–Trinajstić information content (AvgIpc) is 1.82. The van der Waals surface area contributed by atoms with Gasteiger partial charge >= 0.3 is 66.7 Å². The van der Waals surface area contributed by atoms with Gasteiger partial charge in [-0.2, -0.15) is 0 Å². The van der Waals surface area contributed by atoms with Crippen molar-refractivity contribution in [2.45, 2.75) is 13.8 Å². The molecule has 0 aliphatic heterocycles. The maximum absolute atomic E-state index is 5.53. The summed E-state index contributed by atoms with van der Waals surface area (Å²) in [7, 11) is 0. The predicted octanol–water partition coefficient (Wildman–Crippen LogP) is -1.85. The zero-order valence-electron chi connectivity index (χ0n) is 5.76. The Kier molecular flexibility index (Phi) is 4.75. The van der Waals surface area contributed by atoms with E-state index in [1.165, 1.54) is 0 Å². The van der Waals surface area contributed by atoms with E-state index in [0.29, 0.717) is 5.92 Å². The number of nitrogens with zero attached hydrogens (tertiary/aromatic N) is 1. The molecular weight excluding hydrogens is 227 g/mol. The number of rotatable bonds is 3. The molecule has 0 aromatic carbocycles. The van der Waals surface area contributed by atoms with Crippen LogP contribution in [0.15, 0.2) is 13.9 Å². The van der Waals surface area contributed by atoms with Crippen LogP contribution in [0.2, 0.25) is 0 Å². The predicted molar refractivity (Wildman–Crippen MR) is 36.7 cm³/mol.